The fraction of sp³-hybridized carbons (Fsp3) is 1.00. The molecule has 0 bridgehead atoms. The van der Waals surface area contributed by atoms with Gasteiger partial charge in [0.2, 0.25) is 0 Å². The fourth-order valence-corrected chi connectivity index (χ4v) is 11.0. The minimum atomic E-state index is -4.95. The molecule has 0 aromatic rings. The molecule has 218 valence electrons. The summed E-state index contributed by atoms with van der Waals surface area (Å²) in [5, 5.41) is 0. The van der Waals surface area contributed by atoms with Crippen molar-refractivity contribution in [1.29, 1.82) is 0 Å². The Bertz CT molecular complexity index is 716. The molecule has 0 aliphatic heterocycles. The van der Waals surface area contributed by atoms with Crippen LogP contribution in [0.3, 0.4) is 0 Å². The van der Waals surface area contributed by atoms with Gasteiger partial charge in [0.05, 0.1) is 31.5 Å². The van der Waals surface area contributed by atoms with Crippen molar-refractivity contribution in [2.75, 3.05) is 13.2 Å². The van der Waals surface area contributed by atoms with Gasteiger partial charge in [-0.3, -0.25) is 18.2 Å². The number of phosphoric ester groups is 1. The van der Waals surface area contributed by atoms with Gasteiger partial charge in [0.15, 0.2) is 0 Å². The van der Waals surface area contributed by atoms with Crippen LogP contribution in [0.15, 0.2) is 0 Å². The van der Waals surface area contributed by atoms with Crippen LogP contribution >= 0.6 is 46.2 Å². The summed E-state index contributed by atoms with van der Waals surface area (Å²) in [7, 11) is -14.1. The summed E-state index contributed by atoms with van der Waals surface area (Å²) < 4.78 is 71.7. The van der Waals surface area contributed by atoms with E-state index in [4.69, 9.17) is 50.1 Å². The Balaban J connectivity index is 6.22. The first-order chi connectivity index (χ1) is 16.6. The highest BCUT2D eigenvalue weighted by Gasteiger charge is 2.67. The zero-order valence-corrected chi connectivity index (χ0v) is 27.3. The van der Waals surface area contributed by atoms with Crippen LogP contribution in [-0.2, 0) is 40.6 Å². The predicted octanol–water partition coefficient (Wildman–Crippen LogP) is 10.1. The quantitative estimate of drug-likeness (QED) is 0.0665. The molecule has 0 spiro atoms. The predicted molar refractivity (Wildman–Crippen MR) is 147 cm³/mol. The number of hydrogen-bond acceptors (Lipinski definition) is 9. The van der Waals surface area contributed by atoms with E-state index in [1.165, 1.54) is 0 Å². The molecule has 9 nitrogen and oxygen atoms in total. The average molecular weight is 619 g/mol. The van der Waals surface area contributed by atoms with Gasteiger partial charge in [-0.05, 0) is 54.4 Å². The molecule has 1 atom stereocenters. The molecule has 0 aromatic heterocycles. The van der Waals surface area contributed by atoms with Crippen molar-refractivity contribution >= 4 is 46.2 Å². The summed E-state index contributed by atoms with van der Waals surface area (Å²) >= 11 is 13.0. The first kappa shape index (κ1) is 37.0. The Kier molecular flexibility index (Phi) is 18.2. The highest BCUT2D eigenvalue weighted by atomic mass is 35.5. The normalized spacial score (nSPS) is 15.2. The highest BCUT2D eigenvalue weighted by Crippen LogP contribution is 2.85. The Hall–Kier alpha value is 1.03. The molecule has 0 aromatic carbocycles. The maximum Gasteiger partial charge on any atom is 0.482 e. The van der Waals surface area contributed by atoms with Crippen molar-refractivity contribution in [2.24, 2.45) is 0 Å². The second kappa shape index (κ2) is 17.7. The molecule has 0 amide bonds. The summed E-state index contributed by atoms with van der Waals surface area (Å²) in [4.78, 5) is 0. The third kappa shape index (κ3) is 12.9. The second-order valence-corrected chi connectivity index (χ2v) is 18.0. The van der Waals surface area contributed by atoms with Crippen LogP contribution in [0.25, 0.3) is 0 Å². The van der Waals surface area contributed by atoms with E-state index in [0.717, 1.165) is 38.5 Å². The molecular formula is C22H47Cl2O9P3. The van der Waals surface area contributed by atoms with Crippen molar-refractivity contribution in [3.8, 4) is 0 Å². The summed E-state index contributed by atoms with van der Waals surface area (Å²) in [5.74, 6) is 0. The van der Waals surface area contributed by atoms with Crippen LogP contribution in [0.4, 0.5) is 0 Å². The lowest BCUT2D eigenvalue weighted by Crippen LogP contribution is -2.25. The number of rotatable bonds is 22. The summed E-state index contributed by atoms with van der Waals surface area (Å²) in [6.07, 6.45) is 4.65. The first-order valence-electron chi connectivity index (χ1n) is 12.8. The highest BCUT2D eigenvalue weighted by molar-refractivity contribution is 7.82. The van der Waals surface area contributed by atoms with E-state index in [9.17, 15) is 13.7 Å². The Morgan fingerprint density at radius 3 is 1.31 bits per heavy atom. The summed E-state index contributed by atoms with van der Waals surface area (Å²) in [6, 6.07) is 0. The van der Waals surface area contributed by atoms with E-state index < -0.39 is 45.1 Å². The van der Waals surface area contributed by atoms with Gasteiger partial charge in [-0.1, -0.05) is 75.6 Å². The van der Waals surface area contributed by atoms with Crippen molar-refractivity contribution in [3.05, 3.63) is 0 Å². The largest absolute Gasteiger partial charge is 0.482 e. The van der Waals surface area contributed by atoms with Crippen LogP contribution in [0, 0.1) is 0 Å². The van der Waals surface area contributed by atoms with E-state index in [-0.39, 0.29) is 13.2 Å². The zero-order chi connectivity index (χ0) is 28.0. The molecule has 0 heterocycles. The molecule has 0 N–H and O–H groups in total. The van der Waals surface area contributed by atoms with Gasteiger partial charge in [0, 0.05) is 0 Å². The van der Waals surface area contributed by atoms with Gasteiger partial charge < -0.3 is 13.6 Å². The lowest BCUT2D eigenvalue weighted by atomic mass is 10.2. The number of halogens is 2. The Labute approximate surface area is 228 Å². The molecule has 1 unspecified atom stereocenters. The standard InChI is InChI=1S/C22H47Cl2O9P3/c1-9-11-13-15-17-28-36(27,29-18-16-14-12-10-2)33-35(26,32-21(7)8)22(23,24)34(25,30-19(3)4)31-20(5)6/h19-21H,9-18H2,1-8H3. The molecule has 0 aliphatic carbocycles. The van der Waals surface area contributed by atoms with Crippen molar-refractivity contribution in [3.63, 3.8) is 0 Å². The average Bonchev–Trinajstić information content (AvgIpc) is 2.71. The maximum atomic E-state index is 14.2. The monoisotopic (exact) mass is 618 g/mol. The number of hydrogen-bond donors (Lipinski definition) is 0. The molecule has 36 heavy (non-hydrogen) atoms. The molecule has 0 saturated heterocycles. The number of unbranched alkanes of at least 4 members (excludes halogenated alkanes) is 6. The molecular weight excluding hydrogens is 572 g/mol. The van der Waals surface area contributed by atoms with Crippen LogP contribution in [0.1, 0.15) is 107 Å². The van der Waals surface area contributed by atoms with Gasteiger partial charge in [-0.2, -0.15) is 0 Å². The first-order valence-corrected chi connectivity index (χ1v) is 18.1. The smallest absolute Gasteiger partial charge is 0.303 e. The van der Waals surface area contributed by atoms with E-state index in [1.54, 1.807) is 41.5 Å². The summed E-state index contributed by atoms with van der Waals surface area (Å²) in [6.45, 7) is 13.6. The van der Waals surface area contributed by atoms with Crippen LogP contribution in [0.2, 0.25) is 0 Å². The van der Waals surface area contributed by atoms with Gasteiger partial charge in [-0.25, -0.2) is 8.88 Å². The molecule has 0 fully saturated rings. The SMILES string of the molecule is CCCCCCOP(=O)(OCCCCCC)OP(=O)(OC(C)C)C(Cl)(Cl)P(=O)(OC(C)C)OC(C)C. The van der Waals surface area contributed by atoms with E-state index in [0.29, 0.717) is 12.8 Å². The maximum absolute atomic E-state index is 14.2. The van der Waals surface area contributed by atoms with Crippen molar-refractivity contribution in [1.82, 2.24) is 0 Å². The van der Waals surface area contributed by atoms with Crippen molar-refractivity contribution < 1.29 is 40.6 Å². The fourth-order valence-electron chi connectivity index (χ4n) is 2.89. The topological polar surface area (TPSA) is 107 Å². The minimum Gasteiger partial charge on any atom is -0.303 e. The van der Waals surface area contributed by atoms with E-state index in [1.807, 2.05) is 0 Å². The molecule has 14 heteroatoms. The molecule has 0 saturated carbocycles. The molecule has 0 aliphatic rings. The molecule has 0 radical (unpaired) electrons. The second-order valence-electron chi connectivity index (χ2n) is 9.28. The Morgan fingerprint density at radius 2 is 0.972 bits per heavy atom. The lowest BCUT2D eigenvalue weighted by Gasteiger charge is -2.36. The van der Waals surface area contributed by atoms with E-state index in [2.05, 4.69) is 13.8 Å². The van der Waals surface area contributed by atoms with Gasteiger partial charge in [-0.15, -0.1) is 0 Å². The number of alkyl halides is 2. The third-order valence-electron chi connectivity index (χ3n) is 4.41. The van der Waals surface area contributed by atoms with Gasteiger partial charge >= 0.3 is 26.8 Å². The number of phosphoric acid groups is 1. The summed E-state index contributed by atoms with van der Waals surface area (Å²) in [5.41, 5.74) is 0. The van der Waals surface area contributed by atoms with E-state index >= 15 is 0 Å². The zero-order valence-electron chi connectivity index (χ0n) is 23.1. The third-order valence-corrected chi connectivity index (χ3v) is 14.4. The van der Waals surface area contributed by atoms with Gasteiger partial charge in [0.25, 0.3) is 0 Å². The lowest BCUT2D eigenvalue weighted by molar-refractivity contribution is 0.126. The van der Waals surface area contributed by atoms with Crippen LogP contribution in [0.5, 0.6) is 0 Å². The minimum absolute atomic E-state index is 0.0220. The molecule has 0 rings (SSSR count). The van der Waals surface area contributed by atoms with Crippen molar-refractivity contribution in [2.45, 2.75) is 129 Å². The van der Waals surface area contributed by atoms with Crippen LogP contribution in [-0.4, -0.2) is 35.3 Å². The van der Waals surface area contributed by atoms with Crippen LogP contribution < -0.4 is 0 Å². The van der Waals surface area contributed by atoms with Gasteiger partial charge in [0.1, 0.15) is 0 Å². The Morgan fingerprint density at radius 1 is 0.611 bits per heavy atom.